The lowest BCUT2D eigenvalue weighted by molar-refractivity contribution is -0.144. The van der Waals surface area contributed by atoms with Crippen LogP contribution in [0, 0.1) is 11.7 Å². The molecule has 0 saturated carbocycles. The van der Waals surface area contributed by atoms with Crippen molar-refractivity contribution in [2.75, 3.05) is 19.7 Å². The lowest BCUT2D eigenvalue weighted by atomic mass is 9.78. The molecule has 8 nitrogen and oxygen atoms in total. The van der Waals surface area contributed by atoms with Gasteiger partial charge in [0.25, 0.3) is 5.91 Å². The summed E-state index contributed by atoms with van der Waals surface area (Å²) in [6.07, 6.45) is 3.26. The average molecular weight is 452 g/mol. The Labute approximate surface area is 191 Å². The molecule has 1 amide bonds. The molecular weight excluding hydrogens is 425 g/mol. The third-order valence-corrected chi connectivity index (χ3v) is 6.11. The molecule has 9 heteroatoms. The Bertz CT molecular complexity index is 1060. The van der Waals surface area contributed by atoms with Crippen LogP contribution in [0.3, 0.4) is 0 Å². The minimum Gasteiger partial charge on any atom is -0.466 e. The van der Waals surface area contributed by atoms with E-state index in [-0.39, 0.29) is 36.0 Å². The van der Waals surface area contributed by atoms with Crippen molar-refractivity contribution in [3.05, 3.63) is 71.8 Å². The number of hydrogen-bond acceptors (Lipinski definition) is 6. The fourth-order valence-electron chi connectivity index (χ4n) is 4.39. The maximum atomic E-state index is 13.4. The monoisotopic (exact) mass is 451 g/mol. The second kappa shape index (κ2) is 10.3. The lowest BCUT2D eigenvalue weighted by Crippen LogP contribution is -2.40. The highest BCUT2D eigenvalue weighted by Gasteiger charge is 2.31. The van der Waals surface area contributed by atoms with Crippen LogP contribution in [-0.4, -0.2) is 56.7 Å². The van der Waals surface area contributed by atoms with E-state index in [0.717, 1.165) is 24.1 Å². The van der Waals surface area contributed by atoms with E-state index in [1.54, 1.807) is 43.3 Å². The zero-order valence-corrected chi connectivity index (χ0v) is 18.4. The number of carbonyl (C=O) groups excluding carboxylic acids is 2. The SMILES string of the molecule is CCOC(=O)C[C@H](c1ccc(F)cc1)C1CCN(C(=O)c2ccc(-n3cnnn3)cc2)CC1. The van der Waals surface area contributed by atoms with Gasteiger partial charge in [0.15, 0.2) is 0 Å². The van der Waals surface area contributed by atoms with Gasteiger partial charge in [0.1, 0.15) is 12.1 Å². The number of halogens is 1. The first-order valence-electron chi connectivity index (χ1n) is 11.1. The van der Waals surface area contributed by atoms with E-state index >= 15 is 0 Å². The number of amides is 1. The molecule has 0 radical (unpaired) electrons. The largest absolute Gasteiger partial charge is 0.466 e. The van der Waals surface area contributed by atoms with Crippen LogP contribution in [0.25, 0.3) is 5.69 Å². The standard InChI is InChI=1S/C24H26FN5O3/c1-2-33-23(31)15-22(17-3-7-20(25)8-4-17)18-11-13-29(14-12-18)24(32)19-5-9-21(10-6-19)30-16-26-27-28-30/h3-10,16,18,22H,2,11-15H2,1H3/t22-/m1/s1. The van der Waals surface area contributed by atoms with Gasteiger partial charge >= 0.3 is 5.97 Å². The number of tetrazole rings is 1. The van der Waals surface area contributed by atoms with Gasteiger partial charge in [-0.05, 0) is 84.0 Å². The van der Waals surface area contributed by atoms with Gasteiger partial charge in [-0.25, -0.2) is 9.07 Å². The Hall–Kier alpha value is -3.62. The fraction of sp³-hybridized carbons (Fsp3) is 0.375. The quantitative estimate of drug-likeness (QED) is 0.512. The van der Waals surface area contributed by atoms with Crippen LogP contribution in [0.15, 0.2) is 54.9 Å². The first kappa shape index (κ1) is 22.6. The molecule has 1 saturated heterocycles. The number of ether oxygens (including phenoxy) is 1. The van der Waals surface area contributed by atoms with E-state index in [1.807, 2.05) is 4.90 Å². The molecule has 1 aliphatic rings. The molecule has 0 N–H and O–H groups in total. The van der Waals surface area contributed by atoms with Crippen LogP contribution in [0.1, 0.15) is 48.0 Å². The van der Waals surface area contributed by atoms with E-state index in [1.165, 1.54) is 23.1 Å². The van der Waals surface area contributed by atoms with Crippen LogP contribution in [0.4, 0.5) is 4.39 Å². The van der Waals surface area contributed by atoms with Crippen LogP contribution < -0.4 is 0 Å². The zero-order chi connectivity index (χ0) is 23.2. The van der Waals surface area contributed by atoms with Crippen molar-refractivity contribution in [1.82, 2.24) is 25.1 Å². The number of likely N-dealkylation sites (tertiary alicyclic amines) is 1. The number of piperidine rings is 1. The summed E-state index contributed by atoms with van der Waals surface area (Å²) in [7, 11) is 0. The first-order valence-corrected chi connectivity index (χ1v) is 11.1. The van der Waals surface area contributed by atoms with Crippen molar-refractivity contribution in [1.29, 1.82) is 0 Å². The molecule has 1 atom stereocenters. The summed E-state index contributed by atoms with van der Waals surface area (Å²) < 4.78 is 20.1. The van der Waals surface area contributed by atoms with Crippen LogP contribution in [-0.2, 0) is 9.53 Å². The number of hydrogen-bond donors (Lipinski definition) is 0. The van der Waals surface area contributed by atoms with Crippen LogP contribution >= 0.6 is 0 Å². The minimum absolute atomic E-state index is 0.0274. The number of benzene rings is 2. The molecule has 0 bridgehead atoms. The van der Waals surface area contributed by atoms with Gasteiger partial charge in [0, 0.05) is 18.7 Å². The topological polar surface area (TPSA) is 90.2 Å². The van der Waals surface area contributed by atoms with Crippen LogP contribution in [0.2, 0.25) is 0 Å². The Morgan fingerprint density at radius 2 is 1.79 bits per heavy atom. The van der Waals surface area contributed by atoms with Gasteiger partial charge in [-0.3, -0.25) is 9.59 Å². The average Bonchev–Trinajstić information content (AvgIpc) is 3.38. The molecule has 0 unspecified atom stereocenters. The van der Waals surface area contributed by atoms with E-state index in [9.17, 15) is 14.0 Å². The van der Waals surface area contributed by atoms with E-state index in [4.69, 9.17) is 4.74 Å². The number of rotatable bonds is 7. The molecule has 172 valence electrons. The molecular formula is C24H26FN5O3. The van der Waals surface area contributed by atoms with Gasteiger partial charge in [-0.15, -0.1) is 5.10 Å². The summed E-state index contributed by atoms with van der Waals surface area (Å²) in [4.78, 5) is 27.1. The summed E-state index contributed by atoms with van der Waals surface area (Å²) in [6, 6.07) is 13.5. The highest BCUT2D eigenvalue weighted by Crippen LogP contribution is 2.36. The molecule has 2 aromatic carbocycles. The second-order valence-corrected chi connectivity index (χ2v) is 8.10. The summed E-state index contributed by atoms with van der Waals surface area (Å²) >= 11 is 0. The van der Waals surface area contributed by atoms with E-state index in [0.29, 0.717) is 25.3 Å². The molecule has 3 aromatic rings. The molecule has 1 aromatic heterocycles. The van der Waals surface area contributed by atoms with Crippen molar-refractivity contribution < 1.29 is 18.7 Å². The number of nitrogens with zero attached hydrogens (tertiary/aromatic N) is 5. The molecule has 33 heavy (non-hydrogen) atoms. The molecule has 1 aliphatic heterocycles. The van der Waals surface area contributed by atoms with Crippen molar-refractivity contribution in [2.45, 2.75) is 32.1 Å². The summed E-state index contributed by atoms with van der Waals surface area (Å²) in [5.74, 6) is -0.461. The Balaban J connectivity index is 1.41. The predicted octanol–water partition coefficient (Wildman–Crippen LogP) is 3.39. The second-order valence-electron chi connectivity index (χ2n) is 8.10. The van der Waals surface area contributed by atoms with Crippen LogP contribution in [0.5, 0.6) is 0 Å². The molecule has 0 aliphatic carbocycles. The van der Waals surface area contributed by atoms with Crippen molar-refractivity contribution in [3.63, 3.8) is 0 Å². The van der Waals surface area contributed by atoms with Gasteiger partial charge in [0.2, 0.25) is 0 Å². The van der Waals surface area contributed by atoms with Gasteiger partial charge in [-0.2, -0.15) is 0 Å². The van der Waals surface area contributed by atoms with E-state index in [2.05, 4.69) is 15.5 Å². The number of esters is 1. The Kier molecular flexibility index (Phi) is 7.07. The highest BCUT2D eigenvalue weighted by atomic mass is 19.1. The molecule has 2 heterocycles. The highest BCUT2D eigenvalue weighted by molar-refractivity contribution is 5.94. The molecule has 0 spiro atoms. The van der Waals surface area contributed by atoms with Crippen molar-refractivity contribution in [2.24, 2.45) is 5.92 Å². The Morgan fingerprint density at radius 1 is 1.09 bits per heavy atom. The summed E-state index contributed by atoms with van der Waals surface area (Å²) in [5, 5.41) is 11.1. The summed E-state index contributed by atoms with van der Waals surface area (Å²) in [6.45, 7) is 3.30. The van der Waals surface area contributed by atoms with Gasteiger partial charge in [0.05, 0.1) is 18.7 Å². The van der Waals surface area contributed by atoms with Crippen molar-refractivity contribution in [3.8, 4) is 5.69 Å². The third-order valence-electron chi connectivity index (χ3n) is 6.11. The van der Waals surface area contributed by atoms with Crippen molar-refractivity contribution >= 4 is 11.9 Å². The fourth-order valence-corrected chi connectivity index (χ4v) is 4.39. The molecule has 4 rings (SSSR count). The van der Waals surface area contributed by atoms with E-state index < -0.39 is 0 Å². The zero-order valence-electron chi connectivity index (χ0n) is 18.4. The number of aromatic nitrogens is 4. The maximum Gasteiger partial charge on any atom is 0.306 e. The Morgan fingerprint density at radius 3 is 2.39 bits per heavy atom. The first-order chi connectivity index (χ1) is 16.0. The van der Waals surface area contributed by atoms with Gasteiger partial charge < -0.3 is 9.64 Å². The summed E-state index contributed by atoms with van der Waals surface area (Å²) in [5.41, 5.74) is 2.30. The minimum atomic E-state index is -0.305. The van der Waals surface area contributed by atoms with Gasteiger partial charge in [-0.1, -0.05) is 12.1 Å². The predicted molar refractivity (Wildman–Crippen MR) is 118 cm³/mol. The molecule has 1 fully saturated rings. The maximum absolute atomic E-state index is 13.4. The lowest BCUT2D eigenvalue weighted by Gasteiger charge is -2.36. The normalized spacial score (nSPS) is 15.3. The number of carbonyl (C=O) groups is 2. The third kappa shape index (κ3) is 5.42. The smallest absolute Gasteiger partial charge is 0.306 e.